The van der Waals surface area contributed by atoms with E-state index in [0.29, 0.717) is 0 Å². The Hall–Kier alpha value is -0.453. The van der Waals surface area contributed by atoms with Gasteiger partial charge in [-0.15, -0.1) is 6.58 Å². The lowest BCUT2D eigenvalue weighted by atomic mass is 10.1. The Kier molecular flexibility index (Phi) is 5.76. The maximum absolute atomic E-state index is 6.51. The molecule has 1 atom stereocenters. The lowest BCUT2D eigenvalue weighted by Gasteiger charge is -2.39. The summed E-state index contributed by atoms with van der Waals surface area (Å²) in [6.45, 7) is 17.2. The molecule has 1 aromatic heterocycles. The van der Waals surface area contributed by atoms with Gasteiger partial charge in [0.25, 0.3) is 0 Å². The van der Waals surface area contributed by atoms with E-state index in [2.05, 4.69) is 74.3 Å². The molecule has 0 aromatic carbocycles. The highest BCUT2D eigenvalue weighted by Gasteiger charge is 2.39. The average Bonchev–Trinajstić information content (AvgIpc) is 2.30. The molecule has 0 aliphatic heterocycles. The number of rotatable bonds is 5. The zero-order chi connectivity index (χ0) is 15.6. The molecule has 1 rings (SSSR count). The Morgan fingerprint density at radius 2 is 2.05 bits per heavy atom. The minimum Gasteiger partial charge on any atom is -0.408 e. The van der Waals surface area contributed by atoms with E-state index in [1.54, 1.807) is 0 Å². The lowest BCUT2D eigenvalue weighted by Crippen LogP contribution is -2.41. The largest absolute Gasteiger partial charge is 0.408 e. The molecule has 0 aliphatic rings. The highest BCUT2D eigenvalue weighted by Crippen LogP contribution is 2.40. The summed E-state index contributed by atoms with van der Waals surface area (Å²) in [7, 11) is -1.82. The third kappa shape index (κ3) is 4.27. The average molecular weight is 356 g/mol. The molecular formula is C16H26BrNOSi. The van der Waals surface area contributed by atoms with Crippen LogP contribution in [0, 0.1) is 6.92 Å². The van der Waals surface area contributed by atoms with Crippen molar-refractivity contribution < 1.29 is 4.43 Å². The van der Waals surface area contributed by atoms with Crippen molar-refractivity contribution in [2.24, 2.45) is 0 Å². The fourth-order valence-electron chi connectivity index (χ4n) is 1.65. The predicted molar refractivity (Wildman–Crippen MR) is 92.5 cm³/mol. The zero-order valence-electron chi connectivity index (χ0n) is 13.5. The van der Waals surface area contributed by atoms with Crippen molar-refractivity contribution in [1.29, 1.82) is 0 Å². The fourth-order valence-corrected chi connectivity index (χ4v) is 3.15. The second-order valence-electron chi connectivity index (χ2n) is 6.75. The first-order valence-electron chi connectivity index (χ1n) is 6.99. The molecular weight excluding hydrogens is 330 g/mol. The van der Waals surface area contributed by atoms with E-state index in [-0.39, 0.29) is 11.1 Å². The summed E-state index contributed by atoms with van der Waals surface area (Å²) in [5, 5.41) is 0.191. The zero-order valence-corrected chi connectivity index (χ0v) is 16.0. The van der Waals surface area contributed by atoms with Crippen LogP contribution in [0.5, 0.6) is 0 Å². The Morgan fingerprint density at radius 1 is 1.45 bits per heavy atom. The first-order valence-corrected chi connectivity index (χ1v) is 10.7. The third-order valence-electron chi connectivity index (χ3n) is 4.02. The van der Waals surface area contributed by atoms with Crippen LogP contribution in [0.1, 0.15) is 44.6 Å². The lowest BCUT2D eigenvalue weighted by molar-refractivity contribution is 0.182. The van der Waals surface area contributed by atoms with Gasteiger partial charge >= 0.3 is 0 Å². The normalized spacial score (nSPS) is 14.2. The molecule has 0 radical (unpaired) electrons. The molecule has 1 heterocycles. The van der Waals surface area contributed by atoms with Crippen molar-refractivity contribution in [3.63, 3.8) is 0 Å². The Bertz CT molecular complexity index is 480. The van der Waals surface area contributed by atoms with E-state index in [1.165, 1.54) is 5.56 Å². The Labute approximate surface area is 132 Å². The molecule has 0 aliphatic carbocycles. The summed E-state index contributed by atoms with van der Waals surface area (Å²) in [5.41, 5.74) is 2.18. The monoisotopic (exact) mass is 355 g/mol. The van der Waals surface area contributed by atoms with Gasteiger partial charge in [0.2, 0.25) is 0 Å². The van der Waals surface area contributed by atoms with Gasteiger partial charge in [-0.2, -0.15) is 0 Å². The first kappa shape index (κ1) is 17.6. The number of aryl methyl sites for hydroxylation is 1. The van der Waals surface area contributed by atoms with Gasteiger partial charge in [0.05, 0.1) is 11.8 Å². The summed E-state index contributed by atoms with van der Waals surface area (Å²) >= 11 is 3.50. The molecule has 112 valence electrons. The van der Waals surface area contributed by atoms with Crippen LogP contribution in [-0.4, -0.2) is 13.3 Å². The highest BCUT2D eigenvalue weighted by atomic mass is 79.9. The number of nitrogens with zero attached hydrogens (tertiary/aromatic N) is 1. The van der Waals surface area contributed by atoms with Crippen LogP contribution < -0.4 is 0 Å². The van der Waals surface area contributed by atoms with E-state index >= 15 is 0 Å². The quantitative estimate of drug-likeness (QED) is 0.492. The smallest absolute Gasteiger partial charge is 0.193 e. The predicted octanol–water partition coefficient (Wildman–Crippen LogP) is 5.79. The molecule has 0 N–H and O–H groups in total. The van der Waals surface area contributed by atoms with Crippen molar-refractivity contribution in [2.75, 3.05) is 0 Å². The van der Waals surface area contributed by atoms with Gasteiger partial charge in [-0.05, 0) is 59.0 Å². The Balaban J connectivity index is 3.06. The Morgan fingerprint density at radius 3 is 2.50 bits per heavy atom. The van der Waals surface area contributed by atoms with Crippen LogP contribution >= 0.6 is 15.9 Å². The molecule has 0 fully saturated rings. The van der Waals surface area contributed by atoms with Crippen molar-refractivity contribution in [3.8, 4) is 0 Å². The standard InChI is InChI=1S/C16H26BrNOSi/c1-8-9-15(19-20(6,7)16(3,4)5)14-10-12(2)13(17)11-18-14/h8,10-11,15H,1,9H2,2-7H3. The molecule has 1 unspecified atom stereocenters. The number of hydrogen-bond donors (Lipinski definition) is 0. The SMILES string of the molecule is C=CCC(O[Si](C)(C)C(C)(C)C)c1cc(C)c(Br)cn1. The van der Waals surface area contributed by atoms with Crippen molar-refractivity contribution >= 4 is 24.2 Å². The number of halogens is 1. The van der Waals surface area contributed by atoms with Gasteiger partial charge in [-0.3, -0.25) is 4.98 Å². The minimum atomic E-state index is -1.82. The molecule has 4 heteroatoms. The van der Waals surface area contributed by atoms with Crippen molar-refractivity contribution in [3.05, 3.63) is 40.6 Å². The van der Waals surface area contributed by atoms with E-state index < -0.39 is 8.32 Å². The van der Waals surface area contributed by atoms with E-state index in [1.807, 2.05) is 12.3 Å². The third-order valence-corrected chi connectivity index (χ3v) is 9.34. The summed E-state index contributed by atoms with van der Waals surface area (Å²) in [4.78, 5) is 4.53. The van der Waals surface area contributed by atoms with E-state index in [4.69, 9.17) is 4.43 Å². The summed E-state index contributed by atoms with van der Waals surface area (Å²) in [5.74, 6) is 0. The second kappa shape index (κ2) is 6.54. The van der Waals surface area contributed by atoms with Crippen LogP contribution in [0.15, 0.2) is 29.4 Å². The topological polar surface area (TPSA) is 22.1 Å². The van der Waals surface area contributed by atoms with Crippen LogP contribution in [0.3, 0.4) is 0 Å². The second-order valence-corrected chi connectivity index (χ2v) is 12.4. The molecule has 0 amide bonds. The molecule has 0 spiro atoms. The van der Waals surface area contributed by atoms with E-state index in [0.717, 1.165) is 16.6 Å². The van der Waals surface area contributed by atoms with Crippen LogP contribution in [0.2, 0.25) is 18.1 Å². The highest BCUT2D eigenvalue weighted by molar-refractivity contribution is 9.10. The molecule has 20 heavy (non-hydrogen) atoms. The van der Waals surface area contributed by atoms with Crippen molar-refractivity contribution in [1.82, 2.24) is 4.98 Å². The van der Waals surface area contributed by atoms with Crippen LogP contribution in [0.4, 0.5) is 0 Å². The maximum atomic E-state index is 6.51. The molecule has 0 saturated carbocycles. The fraction of sp³-hybridized carbons (Fsp3) is 0.562. The van der Waals surface area contributed by atoms with Gasteiger partial charge in [-0.25, -0.2) is 0 Å². The molecule has 2 nitrogen and oxygen atoms in total. The maximum Gasteiger partial charge on any atom is 0.193 e. The number of hydrogen-bond acceptors (Lipinski definition) is 2. The summed E-state index contributed by atoms with van der Waals surface area (Å²) < 4.78 is 7.55. The molecule has 1 aromatic rings. The van der Waals surface area contributed by atoms with E-state index in [9.17, 15) is 0 Å². The minimum absolute atomic E-state index is 0.000177. The van der Waals surface area contributed by atoms with Crippen LogP contribution in [-0.2, 0) is 4.43 Å². The molecule has 0 saturated heterocycles. The van der Waals surface area contributed by atoms with Gasteiger partial charge in [0.1, 0.15) is 0 Å². The van der Waals surface area contributed by atoms with Gasteiger partial charge in [0.15, 0.2) is 8.32 Å². The van der Waals surface area contributed by atoms with Gasteiger partial charge in [-0.1, -0.05) is 26.8 Å². The number of aromatic nitrogens is 1. The summed E-state index contributed by atoms with van der Waals surface area (Å²) in [6, 6.07) is 2.10. The van der Waals surface area contributed by atoms with Crippen LogP contribution in [0.25, 0.3) is 0 Å². The van der Waals surface area contributed by atoms with Crippen molar-refractivity contribution in [2.45, 2.75) is 58.4 Å². The van der Waals surface area contributed by atoms with Gasteiger partial charge < -0.3 is 4.43 Å². The first-order chi connectivity index (χ1) is 9.08. The molecule has 0 bridgehead atoms. The summed E-state index contributed by atoms with van der Waals surface area (Å²) in [6.07, 6.45) is 4.56. The van der Waals surface area contributed by atoms with Gasteiger partial charge in [0, 0.05) is 10.7 Å². The number of pyridine rings is 1.